The van der Waals surface area contributed by atoms with Gasteiger partial charge in [0.05, 0.1) is 19.8 Å². The molecule has 0 aliphatic carbocycles. The standard InChI is InChI=1S/C26H38O6Si.C26H36O6Si/c2*1-24(2,3)33(20-14-10-8-11-15-20,21-16-12-9-13-17-21)30-19-23-22(18-27)31-25(4,28-6)26(5,29-7)32-23/h8-17,22-23,27H,18-19H2,1-7H3;8-18,22-23H,19H2,1-7H3/t2*22-,23-,25+,26+/m00/s1. The van der Waals surface area contributed by atoms with Gasteiger partial charge in [0.2, 0.25) is 23.1 Å². The van der Waals surface area contributed by atoms with Crippen molar-refractivity contribution in [3.05, 3.63) is 121 Å². The summed E-state index contributed by atoms with van der Waals surface area (Å²) in [4.78, 5) is 12.0. The molecule has 4 aromatic carbocycles. The minimum absolute atomic E-state index is 0.162. The van der Waals surface area contributed by atoms with E-state index < -0.39 is 64.2 Å². The predicted octanol–water partition coefficient (Wildman–Crippen LogP) is 6.34. The minimum Gasteiger partial charge on any atom is -0.405 e. The fraction of sp³-hybridized carbons (Fsp3) is 0.519. The zero-order valence-electron chi connectivity index (χ0n) is 41.5. The number of aliphatic hydroxyl groups is 1. The molecule has 8 atom stereocenters. The van der Waals surface area contributed by atoms with Gasteiger partial charge in [0, 0.05) is 28.4 Å². The summed E-state index contributed by atoms with van der Waals surface area (Å²) < 4.78 is 61.3. The van der Waals surface area contributed by atoms with Crippen LogP contribution in [0.4, 0.5) is 0 Å². The smallest absolute Gasteiger partial charge is 0.261 e. The Hall–Kier alpha value is -3.46. The first-order valence-electron chi connectivity index (χ1n) is 22.6. The Balaban J connectivity index is 0.000000247. The highest BCUT2D eigenvalue weighted by atomic mass is 28.4. The van der Waals surface area contributed by atoms with E-state index in [0.29, 0.717) is 0 Å². The average molecular weight is 947 g/mol. The third-order valence-corrected chi connectivity index (χ3v) is 23.6. The van der Waals surface area contributed by atoms with Crippen LogP contribution in [-0.4, -0.2) is 124 Å². The fourth-order valence-corrected chi connectivity index (χ4v) is 18.4. The molecule has 2 aliphatic rings. The van der Waals surface area contributed by atoms with E-state index in [1.54, 1.807) is 34.8 Å². The topological polar surface area (TPSA) is 130 Å². The maximum Gasteiger partial charge on any atom is 0.261 e. The van der Waals surface area contributed by atoms with Crippen molar-refractivity contribution in [2.45, 2.75) is 127 Å². The van der Waals surface area contributed by atoms with Crippen molar-refractivity contribution < 1.29 is 56.6 Å². The summed E-state index contributed by atoms with van der Waals surface area (Å²) in [6, 6.07) is 41.5. The van der Waals surface area contributed by atoms with E-state index in [1.807, 2.05) is 48.5 Å². The van der Waals surface area contributed by atoms with Crippen molar-refractivity contribution in [3.8, 4) is 0 Å². The monoisotopic (exact) mass is 946 g/mol. The minimum atomic E-state index is -2.80. The molecule has 14 heteroatoms. The lowest BCUT2D eigenvalue weighted by molar-refractivity contribution is -0.451. The lowest BCUT2D eigenvalue weighted by Gasteiger charge is -2.52. The van der Waals surface area contributed by atoms with E-state index in [9.17, 15) is 9.90 Å². The Kier molecular flexibility index (Phi) is 17.4. The molecule has 12 nitrogen and oxygen atoms in total. The van der Waals surface area contributed by atoms with Crippen molar-refractivity contribution in [3.63, 3.8) is 0 Å². The quantitative estimate of drug-likeness (QED) is 0.0996. The molecule has 0 unspecified atom stereocenters. The number of methoxy groups -OCH3 is 4. The number of carbonyl (C=O) groups is 1. The van der Waals surface area contributed by atoms with Gasteiger partial charge < -0.3 is 56.6 Å². The van der Waals surface area contributed by atoms with Crippen molar-refractivity contribution in [2.24, 2.45) is 0 Å². The Bertz CT molecular complexity index is 2030. The van der Waals surface area contributed by atoms with Crippen molar-refractivity contribution >= 4 is 43.7 Å². The first-order valence-corrected chi connectivity index (χ1v) is 26.4. The number of rotatable bonds is 16. The van der Waals surface area contributed by atoms with Crippen molar-refractivity contribution in [2.75, 3.05) is 48.3 Å². The average Bonchev–Trinajstić information content (AvgIpc) is 3.32. The van der Waals surface area contributed by atoms with Gasteiger partial charge in [0.25, 0.3) is 16.6 Å². The second-order valence-electron chi connectivity index (χ2n) is 19.4. The molecule has 6 rings (SSSR count). The Morgan fingerprint density at radius 1 is 0.485 bits per heavy atom. The maximum atomic E-state index is 12.0. The molecule has 362 valence electrons. The Morgan fingerprint density at radius 2 is 0.758 bits per heavy atom. The van der Waals surface area contributed by atoms with Crippen LogP contribution in [0.25, 0.3) is 0 Å². The van der Waals surface area contributed by atoms with E-state index in [1.165, 1.54) is 31.7 Å². The van der Waals surface area contributed by atoms with Crippen LogP contribution < -0.4 is 20.7 Å². The lowest BCUT2D eigenvalue weighted by Crippen LogP contribution is -2.69. The Labute approximate surface area is 395 Å². The van der Waals surface area contributed by atoms with Crippen LogP contribution >= 0.6 is 0 Å². The highest BCUT2D eigenvalue weighted by Crippen LogP contribution is 2.43. The van der Waals surface area contributed by atoms with Gasteiger partial charge in [-0.05, 0) is 58.5 Å². The summed E-state index contributed by atoms with van der Waals surface area (Å²) in [7, 11) is 0.558. The van der Waals surface area contributed by atoms with Crippen LogP contribution in [0.1, 0.15) is 69.2 Å². The fourth-order valence-electron chi connectivity index (χ4n) is 9.26. The molecule has 0 spiro atoms. The van der Waals surface area contributed by atoms with Gasteiger partial charge in [0.15, 0.2) is 6.29 Å². The van der Waals surface area contributed by atoms with Crippen molar-refractivity contribution in [1.29, 1.82) is 0 Å². The van der Waals surface area contributed by atoms with Gasteiger partial charge in [-0.3, -0.25) is 0 Å². The molecule has 0 radical (unpaired) electrons. The van der Waals surface area contributed by atoms with Gasteiger partial charge >= 0.3 is 0 Å². The predicted molar refractivity (Wildman–Crippen MR) is 261 cm³/mol. The van der Waals surface area contributed by atoms with E-state index in [4.69, 9.17) is 46.7 Å². The van der Waals surface area contributed by atoms with Crippen LogP contribution in [-0.2, 0) is 51.5 Å². The molecule has 1 N–H and O–H groups in total. The molecular formula is C52H74O12Si2. The SMILES string of the molecule is CO[C@]1(C)O[C@@H](C=O)[C@H](CO[Si](c2ccccc2)(c2ccccc2)C(C)(C)C)O[C@@]1(C)OC.CO[C@]1(C)O[C@@H](CO)[C@H](CO[Si](c2ccccc2)(c2ccccc2)C(C)(C)C)O[C@@]1(C)OC. The molecule has 0 bridgehead atoms. The zero-order valence-corrected chi connectivity index (χ0v) is 43.5. The number of aliphatic hydroxyl groups excluding tert-OH is 1. The molecule has 0 saturated carbocycles. The van der Waals surface area contributed by atoms with E-state index in [-0.39, 0.29) is 29.9 Å². The third kappa shape index (κ3) is 10.3. The summed E-state index contributed by atoms with van der Waals surface area (Å²) in [6.07, 6.45) is -1.97. The molecule has 2 fully saturated rings. The molecule has 2 saturated heterocycles. The van der Waals surface area contributed by atoms with Gasteiger partial charge in [-0.25, -0.2) is 0 Å². The van der Waals surface area contributed by atoms with E-state index >= 15 is 0 Å². The van der Waals surface area contributed by atoms with Crippen molar-refractivity contribution in [1.82, 2.24) is 0 Å². The number of ether oxygens (including phenoxy) is 8. The first kappa shape index (κ1) is 53.5. The van der Waals surface area contributed by atoms with Gasteiger partial charge in [-0.1, -0.05) is 163 Å². The van der Waals surface area contributed by atoms with E-state index in [2.05, 4.69) is 114 Å². The molecule has 0 amide bonds. The zero-order chi connectivity index (χ0) is 48.7. The number of hydrogen-bond acceptors (Lipinski definition) is 12. The highest BCUT2D eigenvalue weighted by Gasteiger charge is 2.60. The summed E-state index contributed by atoms with van der Waals surface area (Å²) in [5.74, 6) is -4.82. The normalized spacial score (nSPS) is 28.5. The largest absolute Gasteiger partial charge is 0.405 e. The van der Waals surface area contributed by atoms with Crippen LogP contribution in [0.5, 0.6) is 0 Å². The molecule has 2 heterocycles. The second kappa shape index (κ2) is 21.5. The molecule has 0 aromatic heterocycles. The summed E-state index contributed by atoms with van der Waals surface area (Å²) in [5, 5.41) is 14.4. The van der Waals surface area contributed by atoms with Crippen LogP contribution in [0.2, 0.25) is 10.1 Å². The Morgan fingerprint density at radius 3 is 1.03 bits per heavy atom. The molecule has 2 aliphatic heterocycles. The van der Waals surface area contributed by atoms with Gasteiger partial charge in [-0.2, -0.15) is 0 Å². The van der Waals surface area contributed by atoms with Gasteiger partial charge in [-0.15, -0.1) is 0 Å². The van der Waals surface area contributed by atoms with Crippen LogP contribution in [0, 0.1) is 0 Å². The van der Waals surface area contributed by atoms with Gasteiger partial charge in [0.1, 0.15) is 24.4 Å². The second-order valence-corrected chi connectivity index (χ2v) is 28.0. The molecular weight excluding hydrogens is 873 g/mol. The number of hydrogen-bond donors (Lipinski definition) is 1. The summed E-state index contributed by atoms with van der Waals surface area (Å²) in [6.45, 7) is 20.4. The van der Waals surface area contributed by atoms with Crippen LogP contribution in [0.15, 0.2) is 121 Å². The third-order valence-electron chi connectivity index (χ3n) is 13.6. The number of aldehydes is 1. The number of benzene rings is 4. The van der Waals surface area contributed by atoms with Crippen LogP contribution in [0.3, 0.4) is 0 Å². The van der Waals surface area contributed by atoms with E-state index in [0.717, 1.165) is 16.7 Å². The summed E-state index contributed by atoms with van der Waals surface area (Å²) in [5.41, 5.74) is 0. The maximum absolute atomic E-state index is 12.0. The molecule has 4 aromatic rings. The first-order chi connectivity index (χ1) is 31.1. The number of carbonyl (C=O) groups excluding carboxylic acids is 1. The highest BCUT2D eigenvalue weighted by molar-refractivity contribution is 7.00. The molecule has 66 heavy (non-hydrogen) atoms. The summed E-state index contributed by atoms with van der Waals surface area (Å²) >= 11 is 0. The lowest BCUT2D eigenvalue weighted by atomic mass is 10.0.